The molecular formula is C16H30N2O. The van der Waals surface area contributed by atoms with E-state index in [-0.39, 0.29) is 0 Å². The molecule has 0 radical (unpaired) electrons. The third-order valence-electron chi connectivity index (χ3n) is 4.78. The number of hydrogen-bond acceptors (Lipinski definition) is 2. The van der Waals surface area contributed by atoms with E-state index in [2.05, 4.69) is 10.6 Å². The van der Waals surface area contributed by atoms with Gasteiger partial charge >= 0.3 is 0 Å². The Kier molecular flexibility index (Phi) is 6.69. The molecule has 2 rings (SSSR count). The van der Waals surface area contributed by atoms with Crippen molar-refractivity contribution in [3.05, 3.63) is 0 Å². The van der Waals surface area contributed by atoms with Gasteiger partial charge in [-0.2, -0.15) is 0 Å². The van der Waals surface area contributed by atoms with E-state index in [1.54, 1.807) is 0 Å². The van der Waals surface area contributed by atoms with Gasteiger partial charge in [-0.25, -0.2) is 0 Å². The lowest BCUT2D eigenvalue weighted by atomic mass is 9.94. The highest BCUT2D eigenvalue weighted by Crippen LogP contribution is 2.25. The van der Waals surface area contributed by atoms with Crippen molar-refractivity contribution in [3.63, 3.8) is 0 Å². The fourth-order valence-electron chi connectivity index (χ4n) is 3.49. The van der Waals surface area contributed by atoms with Crippen molar-refractivity contribution in [3.8, 4) is 0 Å². The molecular weight excluding hydrogens is 236 g/mol. The van der Waals surface area contributed by atoms with Gasteiger partial charge in [0.15, 0.2) is 0 Å². The molecule has 0 aromatic carbocycles. The predicted octanol–water partition coefficient (Wildman–Crippen LogP) is 2.85. The second kappa shape index (κ2) is 8.57. The van der Waals surface area contributed by atoms with Crippen LogP contribution in [0.5, 0.6) is 0 Å². The molecule has 3 heteroatoms. The van der Waals surface area contributed by atoms with Gasteiger partial charge in [-0.3, -0.25) is 4.79 Å². The van der Waals surface area contributed by atoms with Gasteiger partial charge in [0.25, 0.3) is 0 Å². The Morgan fingerprint density at radius 3 is 2.32 bits per heavy atom. The summed E-state index contributed by atoms with van der Waals surface area (Å²) in [5.41, 5.74) is 0. The van der Waals surface area contributed by atoms with Gasteiger partial charge in [0.2, 0.25) is 5.91 Å². The molecule has 3 nitrogen and oxygen atoms in total. The molecule has 19 heavy (non-hydrogen) atoms. The number of amides is 1. The van der Waals surface area contributed by atoms with Crippen LogP contribution < -0.4 is 10.6 Å². The maximum atomic E-state index is 11.9. The van der Waals surface area contributed by atoms with E-state index in [9.17, 15) is 4.79 Å². The Morgan fingerprint density at radius 1 is 0.947 bits per heavy atom. The zero-order chi connectivity index (χ0) is 13.3. The fourth-order valence-corrected chi connectivity index (χ4v) is 3.49. The maximum absolute atomic E-state index is 11.9. The summed E-state index contributed by atoms with van der Waals surface area (Å²) >= 11 is 0. The highest BCUT2D eigenvalue weighted by Gasteiger charge is 2.17. The van der Waals surface area contributed by atoms with Gasteiger partial charge in [0.05, 0.1) is 0 Å². The summed E-state index contributed by atoms with van der Waals surface area (Å²) in [6, 6.07) is 0. The third-order valence-corrected chi connectivity index (χ3v) is 4.78. The van der Waals surface area contributed by atoms with Crippen molar-refractivity contribution in [2.24, 2.45) is 11.8 Å². The molecule has 0 aromatic rings. The van der Waals surface area contributed by atoms with E-state index in [1.165, 1.54) is 51.4 Å². The average molecular weight is 266 g/mol. The standard InChI is InChI=1S/C16H30N2O/c19-16(13-15-5-3-1-2-4-6-15)18-12-9-14-7-10-17-11-8-14/h14-15,17H,1-13H2,(H,18,19). The summed E-state index contributed by atoms with van der Waals surface area (Å²) in [6.45, 7) is 3.19. The molecule has 0 atom stereocenters. The minimum Gasteiger partial charge on any atom is -0.356 e. The SMILES string of the molecule is O=C(CC1CCCCCC1)NCCC1CCNCC1. The van der Waals surface area contributed by atoms with Gasteiger partial charge in [-0.15, -0.1) is 0 Å². The van der Waals surface area contributed by atoms with E-state index in [0.717, 1.165) is 38.4 Å². The maximum Gasteiger partial charge on any atom is 0.220 e. The topological polar surface area (TPSA) is 41.1 Å². The fraction of sp³-hybridized carbons (Fsp3) is 0.938. The minimum absolute atomic E-state index is 0.292. The van der Waals surface area contributed by atoms with Crippen LogP contribution in [0.15, 0.2) is 0 Å². The molecule has 110 valence electrons. The summed E-state index contributed by atoms with van der Waals surface area (Å²) < 4.78 is 0. The summed E-state index contributed by atoms with van der Waals surface area (Å²) in [4.78, 5) is 11.9. The molecule has 0 aromatic heterocycles. The Morgan fingerprint density at radius 2 is 1.63 bits per heavy atom. The van der Waals surface area contributed by atoms with Crippen LogP contribution in [0.3, 0.4) is 0 Å². The number of nitrogens with one attached hydrogen (secondary N) is 2. The summed E-state index contributed by atoms with van der Waals surface area (Å²) in [5.74, 6) is 1.77. The predicted molar refractivity (Wildman–Crippen MR) is 79.0 cm³/mol. The van der Waals surface area contributed by atoms with E-state index in [0.29, 0.717) is 11.8 Å². The lowest BCUT2D eigenvalue weighted by Gasteiger charge is -2.22. The van der Waals surface area contributed by atoms with Crippen LogP contribution in [0, 0.1) is 11.8 Å². The highest BCUT2D eigenvalue weighted by molar-refractivity contribution is 5.76. The van der Waals surface area contributed by atoms with Crippen molar-refractivity contribution < 1.29 is 4.79 Å². The molecule has 1 amide bonds. The van der Waals surface area contributed by atoms with Gasteiger partial charge in [-0.05, 0) is 57.0 Å². The zero-order valence-corrected chi connectivity index (χ0v) is 12.3. The monoisotopic (exact) mass is 266 g/mol. The lowest BCUT2D eigenvalue weighted by Crippen LogP contribution is -2.32. The second-order valence-corrected chi connectivity index (χ2v) is 6.39. The van der Waals surface area contributed by atoms with E-state index < -0.39 is 0 Å². The smallest absolute Gasteiger partial charge is 0.220 e. The molecule has 0 spiro atoms. The molecule has 2 fully saturated rings. The highest BCUT2D eigenvalue weighted by atomic mass is 16.1. The normalized spacial score (nSPS) is 22.9. The molecule has 0 unspecified atom stereocenters. The van der Waals surface area contributed by atoms with Crippen LogP contribution in [0.25, 0.3) is 0 Å². The molecule has 2 aliphatic rings. The first-order valence-corrected chi connectivity index (χ1v) is 8.32. The Hall–Kier alpha value is -0.570. The number of carbonyl (C=O) groups excluding carboxylic acids is 1. The van der Waals surface area contributed by atoms with Crippen LogP contribution in [0.4, 0.5) is 0 Å². The number of rotatable bonds is 5. The van der Waals surface area contributed by atoms with E-state index in [4.69, 9.17) is 0 Å². The molecule has 0 bridgehead atoms. The summed E-state index contributed by atoms with van der Waals surface area (Å²) in [7, 11) is 0. The molecule has 1 saturated carbocycles. The minimum atomic E-state index is 0.292. The Bertz CT molecular complexity index is 253. The van der Waals surface area contributed by atoms with Gasteiger partial charge in [0.1, 0.15) is 0 Å². The first-order chi connectivity index (χ1) is 9.34. The molecule has 1 aliphatic carbocycles. The largest absolute Gasteiger partial charge is 0.356 e. The van der Waals surface area contributed by atoms with Crippen LogP contribution in [0.1, 0.15) is 64.2 Å². The first kappa shape index (κ1) is 14.8. The van der Waals surface area contributed by atoms with E-state index >= 15 is 0 Å². The molecule has 1 saturated heterocycles. The average Bonchev–Trinajstić information content (AvgIpc) is 2.68. The Labute approximate surface area is 117 Å². The number of carbonyl (C=O) groups is 1. The van der Waals surface area contributed by atoms with Crippen molar-refractivity contribution >= 4 is 5.91 Å². The molecule has 1 aliphatic heterocycles. The van der Waals surface area contributed by atoms with Crippen LogP contribution >= 0.6 is 0 Å². The summed E-state index contributed by atoms with van der Waals surface area (Å²) in [6.07, 6.45) is 12.4. The van der Waals surface area contributed by atoms with Crippen molar-refractivity contribution in [1.29, 1.82) is 0 Å². The van der Waals surface area contributed by atoms with Gasteiger partial charge in [0, 0.05) is 13.0 Å². The second-order valence-electron chi connectivity index (χ2n) is 6.39. The Balaban J connectivity index is 1.55. The van der Waals surface area contributed by atoms with Crippen molar-refractivity contribution in [2.75, 3.05) is 19.6 Å². The third kappa shape index (κ3) is 5.94. The van der Waals surface area contributed by atoms with Crippen LogP contribution in [0.2, 0.25) is 0 Å². The lowest BCUT2D eigenvalue weighted by molar-refractivity contribution is -0.122. The number of piperidine rings is 1. The number of hydrogen-bond donors (Lipinski definition) is 2. The molecule has 1 heterocycles. The van der Waals surface area contributed by atoms with Crippen LogP contribution in [-0.4, -0.2) is 25.5 Å². The summed E-state index contributed by atoms with van der Waals surface area (Å²) in [5, 5.41) is 6.52. The first-order valence-electron chi connectivity index (χ1n) is 8.32. The van der Waals surface area contributed by atoms with Gasteiger partial charge < -0.3 is 10.6 Å². The quantitative estimate of drug-likeness (QED) is 0.751. The van der Waals surface area contributed by atoms with Crippen LogP contribution in [-0.2, 0) is 4.79 Å². The molecule has 2 N–H and O–H groups in total. The van der Waals surface area contributed by atoms with Crippen molar-refractivity contribution in [1.82, 2.24) is 10.6 Å². The van der Waals surface area contributed by atoms with Crippen molar-refractivity contribution in [2.45, 2.75) is 64.2 Å². The van der Waals surface area contributed by atoms with E-state index in [1.807, 2.05) is 0 Å². The van der Waals surface area contributed by atoms with Gasteiger partial charge in [-0.1, -0.05) is 25.7 Å². The zero-order valence-electron chi connectivity index (χ0n) is 12.3.